The van der Waals surface area contributed by atoms with Crippen molar-refractivity contribution in [1.82, 2.24) is 5.43 Å². The molecule has 2 aromatic rings. The standard InChI is InChI=1S/C20H23N3O6/c1-4-13(2)14-5-7-17(8-6-14)29-12-19(24)22-21-11-15-9-16(23(26)27)10-18(28-3)20(15)25/h5-11,13,25H,4,12H2,1-3H3,(H,22,24)/b21-11+/t13-/m1/s1. The summed E-state index contributed by atoms with van der Waals surface area (Å²) in [5, 5.41) is 24.7. The molecule has 1 atom stereocenters. The van der Waals surface area contributed by atoms with Crippen LogP contribution in [0.15, 0.2) is 41.5 Å². The fraction of sp³-hybridized carbons (Fsp3) is 0.300. The lowest BCUT2D eigenvalue weighted by molar-refractivity contribution is -0.385. The van der Waals surface area contributed by atoms with Gasteiger partial charge in [0.25, 0.3) is 11.6 Å². The van der Waals surface area contributed by atoms with E-state index in [2.05, 4.69) is 24.4 Å². The number of methoxy groups -OCH3 is 1. The van der Waals surface area contributed by atoms with Crippen molar-refractivity contribution in [2.75, 3.05) is 13.7 Å². The molecule has 0 radical (unpaired) electrons. The average Bonchev–Trinajstić information content (AvgIpc) is 2.73. The van der Waals surface area contributed by atoms with Crippen LogP contribution in [-0.2, 0) is 4.79 Å². The molecule has 0 saturated heterocycles. The minimum Gasteiger partial charge on any atom is -0.504 e. The molecule has 9 heteroatoms. The molecule has 154 valence electrons. The van der Waals surface area contributed by atoms with Gasteiger partial charge in [-0.2, -0.15) is 5.10 Å². The summed E-state index contributed by atoms with van der Waals surface area (Å²) in [5.41, 5.74) is 3.18. The van der Waals surface area contributed by atoms with Crippen molar-refractivity contribution in [2.45, 2.75) is 26.2 Å². The zero-order valence-corrected chi connectivity index (χ0v) is 16.4. The Balaban J connectivity index is 1.94. The predicted octanol–water partition coefficient (Wildman–Crippen LogP) is 3.35. The zero-order valence-electron chi connectivity index (χ0n) is 16.4. The predicted molar refractivity (Wildman–Crippen MR) is 108 cm³/mol. The van der Waals surface area contributed by atoms with Gasteiger partial charge in [0.1, 0.15) is 5.75 Å². The first kappa shape index (κ1) is 21.7. The van der Waals surface area contributed by atoms with Crippen molar-refractivity contribution in [1.29, 1.82) is 0 Å². The number of hydrogen-bond donors (Lipinski definition) is 2. The largest absolute Gasteiger partial charge is 0.504 e. The number of carbonyl (C=O) groups is 1. The monoisotopic (exact) mass is 401 g/mol. The van der Waals surface area contributed by atoms with Gasteiger partial charge >= 0.3 is 0 Å². The van der Waals surface area contributed by atoms with E-state index in [4.69, 9.17) is 9.47 Å². The van der Waals surface area contributed by atoms with Gasteiger partial charge in [0.15, 0.2) is 18.1 Å². The zero-order chi connectivity index (χ0) is 21.4. The number of nitro benzene ring substituents is 1. The normalized spacial score (nSPS) is 11.8. The Hall–Kier alpha value is -3.62. The second-order valence-electron chi connectivity index (χ2n) is 6.30. The number of non-ortho nitro benzene ring substituents is 1. The van der Waals surface area contributed by atoms with E-state index in [0.717, 1.165) is 24.8 Å². The second-order valence-corrected chi connectivity index (χ2v) is 6.30. The molecular formula is C20H23N3O6. The Bertz CT molecular complexity index is 896. The number of amides is 1. The van der Waals surface area contributed by atoms with Gasteiger partial charge in [-0.3, -0.25) is 14.9 Å². The molecule has 1 amide bonds. The lowest BCUT2D eigenvalue weighted by Crippen LogP contribution is -2.24. The quantitative estimate of drug-likeness (QED) is 0.377. The fourth-order valence-corrected chi connectivity index (χ4v) is 2.46. The number of ether oxygens (including phenoxy) is 2. The molecule has 0 spiro atoms. The lowest BCUT2D eigenvalue weighted by Gasteiger charge is -2.10. The summed E-state index contributed by atoms with van der Waals surface area (Å²) < 4.78 is 10.3. The number of phenolic OH excluding ortho intramolecular Hbond substituents is 1. The number of nitro groups is 1. The number of hydrogen-bond acceptors (Lipinski definition) is 7. The minimum absolute atomic E-state index is 0.0258. The van der Waals surface area contributed by atoms with Gasteiger partial charge in [-0.1, -0.05) is 26.0 Å². The number of nitrogens with one attached hydrogen (secondary N) is 1. The summed E-state index contributed by atoms with van der Waals surface area (Å²) in [6, 6.07) is 9.71. The first-order valence-electron chi connectivity index (χ1n) is 8.95. The van der Waals surface area contributed by atoms with Crippen LogP contribution >= 0.6 is 0 Å². The van der Waals surface area contributed by atoms with E-state index in [0.29, 0.717) is 11.7 Å². The highest BCUT2D eigenvalue weighted by Crippen LogP contribution is 2.33. The molecule has 0 aliphatic carbocycles. The highest BCUT2D eigenvalue weighted by Gasteiger charge is 2.15. The van der Waals surface area contributed by atoms with Gasteiger partial charge in [-0.05, 0) is 30.0 Å². The molecule has 0 fully saturated rings. The summed E-state index contributed by atoms with van der Waals surface area (Å²) in [7, 11) is 1.27. The van der Waals surface area contributed by atoms with E-state index in [1.807, 2.05) is 12.1 Å². The SMILES string of the molecule is CC[C@@H](C)c1ccc(OCC(=O)N/N=C/c2cc([N+](=O)[O-])cc(OC)c2O)cc1. The third-order valence-electron chi connectivity index (χ3n) is 4.34. The molecule has 0 aliphatic heterocycles. The first-order valence-corrected chi connectivity index (χ1v) is 8.95. The van der Waals surface area contributed by atoms with Crippen LogP contribution in [0.3, 0.4) is 0 Å². The maximum absolute atomic E-state index is 11.9. The Labute approximate surface area is 168 Å². The molecule has 0 aromatic heterocycles. The van der Waals surface area contributed by atoms with E-state index in [1.54, 1.807) is 12.1 Å². The van der Waals surface area contributed by atoms with Crippen LogP contribution in [0.25, 0.3) is 0 Å². The van der Waals surface area contributed by atoms with Crippen molar-refractivity contribution in [3.8, 4) is 17.2 Å². The Morgan fingerprint density at radius 3 is 2.62 bits per heavy atom. The smallest absolute Gasteiger partial charge is 0.277 e. The number of rotatable bonds is 9. The van der Waals surface area contributed by atoms with Crippen molar-refractivity contribution >= 4 is 17.8 Å². The highest BCUT2D eigenvalue weighted by atomic mass is 16.6. The van der Waals surface area contributed by atoms with Gasteiger partial charge in [0, 0.05) is 11.6 Å². The molecule has 9 nitrogen and oxygen atoms in total. The number of hydrazone groups is 1. The van der Waals surface area contributed by atoms with Gasteiger partial charge in [0.05, 0.1) is 24.3 Å². The van der Waals surface area contributed by atoms with Crippen LogP contribution in [0.1, 0.15) is 37.3 Å². The van der Waals surface area contributed by atoms with Crippen molar-refractivity contribution in [2.24, 2.45) is 5.10 Å². The summed E-state index contributed by atoms with van der Waals surface area (Å²) in [5.74, 6) is 0.0804. The summed E-state index contributed by atoms with van der Waals surface area (Å²) in [6.07, 6.45) is 2.12. The summed E-state index contributed by atoms with van der Waals surface area (Å²) in [4.78, 5) is 22.2. The highest BCUT2D eigenvalue weighted by molar-refractivity contribution is 5.87. The lowest BCUT2D eigenvalue weighted by atomic mass is 9.99. The number of nitrogens with zero attached hydrogens (tertiary/aromatic N) is 2. The van der Waals surface area contributed by atoms with Crippen LogP contribution in [0.4, 0.5) is 5.69 Å². The van der Waals surface area contributed by atoms with Crippen LogP contribution < -0.4 is 14.9 Å². The van der Waals surface area contributed by atoms with Gasteiger partial charge in [-0.25, -0.2) is 5.43 Å². The number of carbonyl (C=O) groups excluding carboxylic acids is 1. The molecule has 2 aromatic carbocycles. The molecule has 0 bridgehead atoms. The molecule has 29 heavy (non-hydrogen) atoms. The number of phenols is 1. The van der Waals surface area contributed by atoms with E-state index >= 15 is 0 Å². The average molecular weight is 401 g/mol. The Kier molecular flexibility index (Phi) is 7.53. The number of aromatic hydroxyl groups is 1. The van der Waals surface area contributed by atoms with Crippen LogP contribution in [0, 0.1) is 10.1 Å². The summed E-state index contributed by atoms with van der Waals surface area (Å²) in [6.45, 7) is 3.99. The van der Waals surface area contributed by atoms with Gasteiger partial charge in [0.2, 0.25) is 0 Å². The second kappa shape index (κ2) is 10.1. The molecular weight excluding hydrogens is 378 g/mol. The van der Waals surface area contributed by atoms with E-state index in [-0.39, 0.29) is 29.4 Å². The van der Waals surface area contributed by atoms with Crippen molar-refractivity contribution < 1.29 is 24.3 Å². The summed E-state index contributed by atoms with van der Waals surface area (Å²) >= 11 is 0. The topological polar surface area (TPSA) is 123 Å². The molecule has 2 rings (SSSR count). The molecule has 0 aliphatic rings. The van der Waals surface area contributed by atoms with Gasteiger partial charge in [-0.15, -0.1) is 0 Å². The van der Waals surface area contributed by atoms with Crippen molar-refractivity contribution in [3.05, 3.63) is 57.6 Å². The number of benzene rings is 2. The molecule has 0 saturated carbocycles. The van der Waals surface area contributed by atoms with Crippen molar-refractivity contribution in [3.63, 3.8) is 0 Å². The Morgan fingerprint density at radius 1 is 1.34 bits per heavy atom. The molecule has 2 N–H and O–H groups in total. The maximum atomic E-state index is 11.9. The molecule has 0 heterocycles. The van der Waals surface area contributed by atoms with E-state index in [9.17, 15) is 20.0 Å². The van der Waals surface area contributed by atoms with E-state index < -0.39 is 10.8 Å². The van der Waals surface area contributed by atoms with Gasteiger partial charge < -0.3 is 14.6 Å². The fourth-order valence-electron chi connectivity index (χ4n) is 2.46. The van der Waals surface area contributed by atoms with E-state index in [1.165, 1.54) is 12.7 Å². The van der Waals surface area contributed by atoms with Crippen LogP contribution in [-0.4, -0.2) is 35.9 Å². The maximum Gasteiger partial charge on any atom is 0.277 e. The van der Waals surface area contributed by atoms with Crippen LogP contribution in [0.2, 0.25) is 0 Å². The third-order valence-corrected chi connectivity index (χ3v) is 4.34. The minimum atomic E-state index is -0.627. The Morgan fingerprint density at radius 2 is 2.03 bits per heavy atom. The third kappa shape index (κ3) is 5.93. The first-order chi connectivity index (χ1) is 13.8. The van der Waals surface area contributed by atoms with Crippen LogP contribution in [0.5, 0.6) is 17.2 Å². The molecule has 0 unspecified atom stereocenters.